The number of para-hydroxylation sites is 2. The van der Waals surface area contributed by atoms with E-state index in [1.54, 1.807) is 48.8 Å². The van der Waals surface area contributed by atoms with Crippen molar-refractivity contribution in [2.75, 3.05) is 12.4 Å². The van der Waals surface area contributed by atoms with Gasteiger partial charge in [0.15, 0.2) is 0 Å². The lowest BCUT2D eigenvalue weighted by atomic mass is 10.0. The van der Waals surface area contributed by atoms with Crippen LogP contribution in [0.25, 0.3) is 5.57 Å². The molecular formula is C23H18FN3O3. The smallest absolute Gasteiger partial charge is 0.278 e. The van der Waals surface area contributed by atoms with E-state index in [1.807, 2.05) is 0 Å². The first-order chi connectivity index (χ1) is 14.6. The standard InChI is InChI=1S/C23H18FN3O3/c1-30-19-7-3-2-6-18(19)26-21-20(16-8-10-17(24)11-9-16)22(28)27(23(21)29)14-15-5-4-12-25-13-15/h2-13,26H,14H2,1H3. The number of anilines is 1. The van der Waals surface area contributed by atoms with Crippen molar-refractivity contribution in [3.8, 4) is 5.75 Å². The van der Waals surface area contributed by atoms with Crippen molar-refractivity contribution in [1.29, 1.82) is 0 Å². The highest BCUT2D eigenvalue weighted by molar-refractivity contribution is 6.36. The Morgan fingerprint density at radius 2 is 1.77 bits per heavy atom. The summed E-state index contributed by atoms with van der Waals surface area (Å²) in [7, 11) is 1.52. The zero-order valence-electron chi connectivity index (χ0n) is 16.1. The van der Waals surface area contributed by atoms with Crippen molar-refractivity contribution < 1.29 is 18.7 Å². The lowest BCUT2D eigenvalue weighted by Crippen LogP contribution is -2.32. The molecule has 1 aromatic heterocycles. The summed E-state index contributed by atoms with van der Waals surface area (Å²) >= 11 is 0. The zero-order valence-corrected chi connectivity index (χ0v) is 16.1. The van der Waals surface area contributed by atoms with E-state index >= 15 is 0 Å². The predicted molar refractivity (Wildman–Crippen MR) is 110 cm³/mol. The fourth-order valence-electron chi connectivity index (χ4n) is 3.28. The second kappa shape index (κ2) is 8.16. The SMILES string of the molecule is COc1ccccc1NC1=C(c2ccc(F)cc2)C(=O)N(Cc2cccnc2)C1=O. The second-order valence-corrected chi connectivity index (χ2v) is 6.64. The van der Waals surface area contributed by atoms with E-state index < -0.39 is 17.6 Å². The first-order valence-electron chi connectivity index (χ1n) is 9.24. The Hall–Kier alpha value is -4.00. The minimum atomic E-state index is -0.478. The fourth-order valence-corrected chi connectivity index (χ4v) is 3.28. The number of aromatic nitrogens is 1. The van der Waals surface area contributed by atoms with Crippen LogP contribution in [0.4, 0.5) is 10.1 Å². The third-order valence-electron chi connectivity index (χ3n) is 4.73. The Bertz CT molecular complexity index is 1130. The average molecular weight is 403 g/mol. The molecule has 0 radical (unpaired) electrons. The summed E-state index contributed by atoms with van der Waals surface area (Å²) in [4.78, 5) is 31.6. The summed E-state index contributed by atoms with van der Waals surface area (Å²) in [6.07, 6.45) is 3.22. The molecule has 1 aliphatic heterocycles. The topological polar surface area (TPSA) is 71.5 Å². The van der Waals surface area contributed by atoms with E-state index in [1.165, 1.54) is 31.4 Å². The van der Waals surface area contributed by atoms with E-state index in [9.17, 15) is 14.0 Å². The molecule has 2 heterocycles. The molecule has 0 atom stereocenters. The van der Waals surface area contributed by atoms with Crippen LogP contribution in [-0.4, -0.2) is 28.8 Å². The molecule has 3 aromatic rings. The number of hydrogen-bond donors (Lipinski definition) is 1. The molecule has 2 amide bonds. The third-order valence-corrected chi connectivity index (χ3v) is 4.73. The maximum absolute atomic E-state index is 13.4. The van der Waals surface area contributed by atoms with Crippen LogP contribution in [0.3, 0.4) is 0 Å². The fraction of sp³-hybridized carbons (Fsp3) is 0.0870. The molecule has 0 aliphatic carbocycles. The summed E-state index contributed by atoms with van der Waals surface area (Å²) in [6, 6.07) is 16.1. The normalized spacial score (nSPS) is 13.7. The van der Waals surface area contributed by atoms with Crippen LogP contribution in [0.15, 0.2) is 78.8 Å². The van der Waals surface area contributed by atoms with Crippen molar-refractivity contribution >= 4 is 23.1 Å². The molecule has 0 saturated carbocycles. The quantitative estimate of drug-likeness (QED) is 0.637. The molecule has 7 heteroatoms. The lowest BCUT2D eigenvalue weighted by molar-refractivity contribution is -0.137. The Balaban J connectivity index is 1.77. The van der Waals surface area contributed by atoms with Gasteiger partial charge in [-0.3, -0.25) is 19.5 Å². The van der Waals surface area contributed by atoms with Crippen LogP contribution in [-0.2, 0) is 16.1 Å². The third kappa shape index (κ3) is 3.65. The van der Waals surface area contributed by atoms with Gasteiger partial charge in [0.2, 0.25) is 0 Å². The number of ether oxygens (including phenoxy) is 1. The van der Waals surface area contributed by atoms with E-state index in [2.05, 4.69) is 10.3 Å². The number of carbonyl (C=O) groups is 2. The largest absolute Gasteiger partial charge is 0.495 e. The highest BCUT2D eigenvalue weighted by atomic mass is 19.1. The molecule has 0 unspecified atom stereocenters. The van der Waals surface area contributed by atoms with Gasteiger partial charge < -0.3 is 10.1 Å². The lowest BCUT2D eigenvalue weighted by Gasteiger charge is -2.15. The van der Waals surface area contributed by atoms with Gasteiger partial charge in [0.25, 0.3) is 11.8 Å². The molecule has 0 spiro atoms. The second-order valence-electron chi connectivity index (χ2n) is 6.64. The molecule has 150 valence electrons. The Morgan fingerprint density at radius 3 is 2.47 bits per heavy atom. The van der Waals surface area contributed by atoms with Crippen LogP contribution >= 0.6 is 0 Å². The van der Waals surface area contributed by atoms with Crippen LogP contribution in [0.2, 0.25) is 0 Å². The number of pyridine rings is 1. The molecular weight excluding hydrogens is 385 g/mol. The first-order valence-corrected chi connectivity index (χ1v) is 9.24. The number of halogens is 1. The van der Waals surface area contributed by atoms with Gasteiger partial charge in [-0.15, -0.1) is 0 Å². The molecule has 0 fully saturated rings. The van der Waals surface area contributed by atoms with Crippen LogP contribution in [0.1, 0.15) is 11.1 Å². The predicted octanol–water partition coefficient (Wildman–Crippen LogP) is 3.62. The number of nitrogens with one attached hydrogen (secondary N) is 1. The van der Waals surface area contributed by atoms with Crippen molar-refractivity contribution in [2.24, 2.45) is 0 Å². The molecule has 30 heavy (non-hydrogen) atoms. The van der Waals surface area contributed by atoms with Gasteiger partial charge in [-0.1, -0.05) is 30.3 Å². The van der Waals surface area contributed by atoms with Crippen molar-refractivity contribution in [1.82, 2.24) is 9.88 Å². The van der Waals surface area contributed by atoms with E-state index in [0.717, 1.165) is 10.5 Å². The molecule has 2 aromatic carbocycles. The minimum Gasteiger partial charge on any atom is -0.495 e. The van der Waals surface area contributed by atoms with E-state index in [-0.39, 0.29) is 17.8 Å². The number of methoxy groups -OCH3 is 1. The van der Waals surface area contributed by atoms with E-state index in [4.69, 9.17) is 4.74 Å². The number of hydrogen-bond acceptors (Lipinski definition) is 5. The number of amides is 2. The van der Waals surface area contributed by atoms with E-state index in [0.29, 0.717) is 17.0 Å². The van der Waals surface area contributed by atoms with Gasteiger partial charge >= 0.3 is 0 Å². The van der Waals surface area contributed by atoms with Crippen LogP contribution in [0.5, 0.6) is 5.75 Å². The first kappa shape index (κ1) is 19.3. The summed E-state index contributed by atoms with van der Waals surface area (Å²) in [5.74, 6) is -0.848. The van der Waals surface area contributed by atoms with Crippen LogP contribution < -0.4 is 10.1 Å². The van der Waals surface area contributed by atoms with Crippen molar-refractivity contribution in [3.05, 3.63) is 95.7 Å². The van der Waals surface area contributed by atoms with Crippen molar-refractivity contribution in [3.63, 3.8) is 0 Å². The number of nitrogens with zero attached hydrogens (tertiary/aromatic N) is 2. The molecule has 1 aliphatic rings. The van der Waals surface area contributed by atoms with Gasteiger partial charge in [0.1, 0.15) is 17.3 Å². The highest BCUT2D eigenvalue weighted by Crippen LogP contribution is 2.33. The summed E-state index contributed by atoms with van der Waals surface area (Å²) in [5.41, 5.74) is 1.99. The minimum absolute atomic E-state index is 0.0767. The molecule has 6 nitrogen and oxygen atoms in total. The van der Waals surface area contributed by atoms with Gasteiger partial charge in [-0.05, 0) is 41.5 Å². The molecule has 4 rings (SSSR count). The molecule has 0 saturated heterocycles. The molecule has 0 bridgehead atoms. The van der Waals surface area contributed by atoms with Gasteiger partial charge in [-0.25, -0.2) is 4.39 Å². The number of carbonyl (C=O) groups excluding carboxylic acids is 2. The molecule has 1 N–H and O–H groups in total. The summed E-state index contributed by atoms with van der Waals surface area (Å²) in [6.45, 7) is 0.0767. The number of imide groups is 1. The van der Waals surface area contributed by atoms with Crippen LogP contribution in [0, 0.1) is 5.82 Å². The zero-order chi connectivity index (χ0) is 21.1. The Morgan fingerprint density at radius 1 is 1.00 bits per heavy atom. The highest BCUT2D eigenvalue weighted by Gasteiger charge is 2.39. The maximum Gasteiger partial charge on any atom is 0.278 e. The maximum atomic E-state index is 13.4. The Labute approximate surface area is 172 Å². The monoisotopic (exact) mass is 403 g/mol. The van der Waals surface area contributed by atoms with Gasteiger partial charge in [0, 0.05) is 12.4 Å². The summed E-state index contributed by atoms with van der Waals surface area (Å²) < 4.78 is 18.8. The number of benzene rings is 2. The summed E-state index contributed by atoms with van der Waals surface area (Å²) in [5, 5.41) is 3.05. The average Bonchev–Trinajstić information content (AvgIpc) is 3.00. The Kier molecular flexibility index (Phi) is 5.26. The van der Waals surface area contributed by atoms with Crippen molar-refractivity contribution in [2.45, 2.75) is 6.54 Å². The number of rotatable bonds is 6. The van der Waals surface area contributed by atoms with Gasteiger partial charge in [0.05, 0.1) is 24.9 Å². The van der Waals surface area contributed by atoms with Gasteiger partial charge in [-0.2, -0.15) is 0 Å².